The van der Waals surface area contributed by atoms with E-state index in [-0.39, 0.29) is 43.8 Å². The summed E-state index contributed by atoms with van der Waals surface area (Å²) in [5, 5.41) is 48.0. The molecule has 0 radical (unpaired) electrons. The number of phosphoric ester groups is 1. The largest absolute Gasteiger partial charge is 0.491 e. The Morgan fingerprint density at radius 2 is 1.80 bits per heavy atom. The summed E-state index contributed by atoms with van der Waals surface area (Å²) in [5.41, 5.74) is -0.595. The van der Waals surface area contributed by atoms with E-state index in [0.29, 0.717) is 75.8 Å². The zero-order valence-corrected chi connectivity index (χ0v) is 41.4. The van der Waals surface area contributed by atoms with Gasteiger partial charge >= 0.3 is 19.8 Å². The number of thioether (sulfide) groups is 1. The molecule has 24 heteroatoms. The first-order valence-corrected chi connectivity index (χ1v) is 26.0. The van der Waals surface area contributed by atoms with Crippen LogP contribution in [0.5, 0.6) is 5.75 Å². The van der Waals surface area contributed by atoms with Crippen LogP contribution in [0.3, 0.4) is 0 Å². The van der Waals surface area contributed by atoms with Crippen molar-refractivity contribution in [1.29, 1.82) is 0 Å². The van der Waals surface area contributed by atoms with Gasteiger partial charge in [-0.2, -0.15) is 11.8 Å². The number of carbonyl (C=O) groups excluding carboxylic acids is 3. The van der Waals surface area contributed by atoms with Crippen molar-refractivity contribution in [1.82, 2.24) is 30.9 Å². The molecule has 0 bridgehead atoms. The molecular weight excluding hydrogens is 968 g/mol. The van der Waals surface area contributed by atoms with E-state index >= 15 is 0 Å². The lowest BCUT2D eigenvalue weighted by molar-refractivity contribution is -0.148. The highest BCUT2D eigenvalue weighted by Gasteiger charge is 2.42. The Labute approximate surface area is 417 Å². The van der Waals surface area contributed by atoms with Crippen molar-refractivity contribution in [2.24, 2.45) is 0 Å². The number of allylic oxidation sites excluding steroid dienone is 4. The fourth-order valence-electron chi connectivity index (χ4n) is 7.42. The third-order valence-electron chi connectivity index (χ3n) is 11.1. The molecule has 3 aliphatic heterocycles. The molecule has 0 saturated carbocycles. The van der Waals surface area contributed by atoms with Crippen molar-refractivity contribution in [3.8, 4) is 5.75 Å². The van der Waals surface area contributed by atoms with Crippen LogP contribution >= 0.6 is 19.6 Å². The van der Waals surface area contributed by atoms with Crippen molar-refractivity contribution in [2.45, 2.75) is 106 Å². The average molecular weight is 1040 g/mol. The molecule has 8 N–H and O–H groups in total. The van der Waals surface area contributed by atoms with Gasteiger partial charge in [0.2, 0.25) is 5.91 Å². The minimum absolute atomic E-state index is 0.00689. The zero-order chi connectivity index (χ0) is 50.9. The molecule has 2 saturated heterocycles. The Morgan fingerprint density at radius 1 is 1.03 bits per heavy atom. The molecule has 8 atom stereocenters. The first-order valence-electron chi connectivity index (χ1n) is 23.4. The lowest BCUT2D eigenvalue weighted by Crippen LogP contribution is -2.42. The number of hydrogen-bond donors (Lipinski definition) is 8. The smallest absolute Gasteiger partial charge is 0.469 e. The predicted octanol–water partition coefficient (Wildman–Crippen LogP) is 2.31. The Hall–Kier alpha value is -4.75. The molecule has 3 amide bonds. The van der Waals surface area contributed by atoms with Crippen molar-refractivity contribution < 1.29 is 77.0 Å². The van der Waals surface area contributed by atoms with Gasteiger partial charge in [-0.05, 0) is 49.6 Å². The summed E-state index contributed by atoms with van der Waals surface area (Å²) in [5.74, 6) is 0.893. The number of unbranched alkanes of at least 4 members (excludes halogenated alkanes) is 1. The first kappa shape index (κ1) is 57.2. The van der Waals surface area contributed by atoms with E-state index in [1.807, 2.05) is 23.9 Å². The summed E-state index contributed by atoms with van der Waals surface area (Å²) in [6.45, 7) is 4.55. The lowest BCUT2D eigenvalue weighted by Gasteiger charge is -2.32. The number of fused-ring (bicyclic) bond motifs is 1. The van der Waals surface area contributed by atoms with Crippen LogP contribution in [0, 0.1) is 0 Å². The number of phosphoric acid groups is 1. The van der Waals surface area contributed by atoms with E-state index in [1.165, 1.54) is 49.5 Å². The Kier molecular flexibility index (Phi) is 24.4. The number of amides is 3. The quantitative estimate of drug-likeness (QED) is 0.0125. The summed E-state index contributed by atoms with van der Waals surface area (Å²) < 4.78 is 52.5. The van der Waals surface area contributed by atoms with E-state index in [2.05, 4.69) is 26.3 Å². The van der Waals surface area contributed by atoms with Crippen molar-refractivity contribution in [2.75, 3.05) is 58.5 Å². The van der Waals surface area contributed by atoms with Crippen molar-refractivity contribution in [3.05, 3.63) is 102 Å². The number of urea groups is 1. The fraction of sp³-hybridized carbons (Fsp3) is 0.553. The number of aliphatic hydroxyl groups is 3. The molecule has 2 aromatic rings. The van der Waals surface area contributed by atoms with Gasteiger partial charge in [0, 0.05) is 36.5 Å². The number of cyclic esters (lactones) is 1. The summed E-state index contributed by atoms with van der Waals surface area (Å²) >= 11 is 1.88. The number of ether oxygens (including phenoxy) is 6. The van der Waals surface area contributed by atoms with Gasteiger partial charge < -0.3 is 69.5 Å². The normalized spacial score (nSPS) is 22.0. The van der Waals surface area contributed by atoms with Gasteiger partial charge in [0.25, 0.3) is 0 Å². The summed E-state index contributed by atoms with van der Waals surface area (Å²) in [6.07, 6.45) is 14.2. The van der Waals surface area contributed by atoms with E-state index in [4.69, 9.17) is 38.1 Å². The number of nitrogens with zero attached hydrogens (tertiary/aromatic N) is 3. The molecular formula is C47H67N6O16PS. The molecule has 3 aliphatic rings. The highest BCUT2D eigenvalue weighted by molar-refractivity contribution is 8.00. The second kappa shape index (κ2) is 30.3. The number of rotatable bonds is 34. The van der Waals surface area contributed by atoms with Crippen LogP contribution in [0.25, 0.3) is 0 Å². The van der Waals surface area contributed by atoms with Gasteiger partial charge in [0.05, 0.1) is 83.8 Å². The maximum absolute atomic E-state index is 12.2. The Balaban J connectivity index is 0.894. The Bertz CT molecular complexity index is 2150. The standard InChI is InChI=1S/C47H67N6O16PS/c1-47(59,42(69-70(60,61)62)29-36(55)9-5-3-2-4-8-22-54)19-18-40-39(16-17-44(57)68-40)67-31-34-12-14-37(15-13-34)66-28-27-64-25-26-65-32-35-30-53(52-51-35)21-24-63-23-20-48-43(56)11-7-6-10-41-45-38(33-71-41)49-46(58)50-45/h2-5,8-9,12-19,30,36,38-42,45,54-55,59H,6-7,10-11,20-29,31-33H2,1H3,(H,48,56)(H2,49,50,58)(H2,60,61,62)/b3-2-,8-4+,9-5-,19-18+/t36-,38-,39-,40-,41-,42+,45-,47+/m0/s1. The Morgan fingerprint density at radius 3 is 2.61 bits per heavy atom. The van der Waals surface area contributed by atoms with Crippen LogP contribution in [-0.2, 0) is 62.1 Å². The van der Waals surface area contributed by atoms with Gasteiger partial charge in [-0.15, -0.1) is 5.10 Å². The molecule has 1 aromatic heterocycles. The van der Waals surface area contributed by atoms with Gasteiger partial charge in [-0.1, -0.05) is 66.3 Å². The summed E-state index contributed by atoms with van der Waals surface area (Å²) in [7, 11) is -5.11. The van der Waals surface area contributed by atoms with Crippen molar-refractivity contribution >= 4 is 37.5 Å². The molecule has 71 heavy (non-hydrogen) atoms. The molecule has 22 nitrogen and oxygen atoms in total. The van der Waals surface area contributed by atoms with Gasteiger partial charge in [0.15, 0.2) is 6.10 Å². The van der Waals surface area contributed by atoms with Crippen LogP contribution in [0.4, 0.5) is 4.79 Å². The minimum atomic E-state index is -5.11. The lowest BCUT2D eigenvalue weighted by atomic mass is 9.92. The number of aliphatic hydroxyl groups excluding tert-OH is 2. The number of nitrogens with one attached hydrogen (secondary N) is 3. The molecule has 5 rings (SSSR count). The molecule has 0 spiro atoms. The van der Waals surface area contributed by atoms with E-state index in [0.717, 1.165) is 30.6 Å². The summed E-state index contributed by atoms with van der Waals surface area (Å²) in [4.78, 5) is 54.9. The average Bonchev–Trinajstić information content (AvgIpc) is 4.05. The number of hydrogen-bond acceptors (Lipinski definition) is 17. The monoisotopic (exact) mass is 1030 g/mol. The van der Waals surface area contributed by atoms with Gasteiger partial charge in [-0.25, -0.2) is 18.8 Å². The molecule has 2 fully saturated rings. The van der Waals surface area contributed by atoms with Crippen LogP contribution in [0.1, 0.15) is 50.3 Å². The molecule has 0 aliphatic carbocycles. The number of carbonyl (C=O) groups is 3. The second-order valence-electron chi connectivity index (χ2n) is 16.8. The third-order valence-corrected chi connectivity index (χ3v) is 13.1. The maximum atomic E-state index is 12.2. The second-order valence-corrected chi connectivity index (χ2v) is 19.3. The van der Waals surface area contributed by atoms with Crippen molar-refractivity contribution in [3.63, 3.8) is 0 Å². The van der Waals surface area contributed by atoms with E-state index in [9.17, 15) is 38.9 Å². The van der Waals surface area contributed by atoms with Gasteiger partial charge in [-0.3, -0.25) is 9.32 Å². The van der Waals surface area contributed by atoms with E-state index in [1.54, 1.807) is 41.2 Å². The maximum Gasteiger partial charge on any atom is 0.469 e. The molecule has 4 heterocycles. The van der Waals surface area contributed by atoms with E-state index < -0.39 is 50.2 Å². The van der Waals surface area contributed by atoms with Crippen LogP contribution in [0.2, 0.25) is 0 Å². The molecule has 0 unspecified atom stereocenters. The molecule has 392 valence electrons. The fourth-order valence-corrected chi connectivity index (χ4v) is 9.59. The minimum Gasteiger partial charge on any atom is -0.491 e. The third kappa shape index (κ3) is 21.9. The molecule has 1 aromatic carbocycles. The predicted molar refractivity (Wildman–Crippen MR) is 260 cm³/mol. The SMILES string of the molecule is C[C@@](O)(/C=C/[C@@H]1OC(=O)C=C[C@@H]1OCc1ccc(OCCOCCOCc2cn(CCOCCNC(=O)CCCC[C@@H]3SC[C@@H]4NC(=O)N[C@@H]43)nn2)cc1)[C@@H](C[C@@H](O)\C=C/C=C\C=C\CO)OP(=O)(O)O. The number of benzene rings is 1. The zero-order valence-electron chi connectivity index (χ0n) is 39.6. The topological polar surface area (TPSA) is 301 Å². The summed E-state index contributed by atoms with van der Waals surface area (Å²) in [6, 6.07) is 7.49. The highest BCUT2D eigenvalue weighted by Crippen LogP contribution is 2.42. The van der Waals surface area contributed by atoms with Crippen LogP contribution in [-0.4, -0.2) is 164 Å². The van der Waals surface area contributed by atoms with Crippen LogP contribution in [0.15, 0.2) is 91.2 Å². The number of esters is 1. The van der Waals surface area contributed by atoms with Crippen LogP contribution < -0.4 is 20.7 Å². The first-order chi connectivity index (χ1) is 34.2. The number of aromatic nitrogens is 3. The highest BCUT2D eigenvalue weighted by atomic mass is 32.2. The van der Waals surface area contributed by atoms with Gasteiger partial charge in [0.1, 0.15) is 35.9 Å².